The van der Waals surface area contributed by atoms with Crippen LogP contribution in [0, 0.1) is 0 Å². The zero-order valence-electron chi connectivity index (χ0n) is 15.3. The Morgan fingerprint density at radius 2 is 1.74 bits per heavy atom. The lowest BCUT2D eigenvalue weighted by atomic mass is 10.1. The van der Waals surface area contributed by atoms with Crippen LogP contribution in [0.15, 0.2) is 54.6 Å². The van der Waals surface area contributed by atoms with Crippen molar-refractivity contribution >= 4 is 21.6 Å². The molecule has 0 radical (unpaired) electrons. The topological polar surface area (TPSA) is 83.7 Å². The van der Waals surface area contributed by atoms with Crippen LogP contribution in [0.5, 0.6) is 0 Å². The lowest BCUT2D eigenvalue weighted by molar-refractivity contribution is 0.0762. The molecule has 1 fully saturated rings. The van der Waals surface area contributed by atoms with Crippen molar-refractivity contribution in [1.29, 1.82) is 0 Å². The van der Waals surface area contributed by atoms with Crippen molar-refractivity contribution in [1.82, 2.24) is 4.90 Å². The predicted octanol–water partition coefficient (Wildman–Crippen LogP) is 1.87. The van der Waals surface area contributed by atoms with E-state index in [1.165, 1.54) is 9.87 Å². The van der Waals surface area contributed by atoms with E-state index in [1.54, 1.807) is 29.2 Å². The standard InChI is InChI=1S/C20H25N3O3S/c21-12-15-22(14-11-17-5-2-1-3-6-17)20(24)18-7-9-19(10-8-18)23-13-4-16-27(23,25)26/h1-3,5-10H,4,11-16,21H2. The SMILES string of the molecule is NCCN(CCc1ccccc1)C(=O)c1ccc(N2CCCS2(=O)=O)cc1. The number of benzene rings is 2. The Balaban J connectivity index is 1.70. The Bertz CT molecular complexity index is 867. The van der Waals surface area contributed by atoms with Crippen molar-refractivity contribution in [3.63, 3.8) is 0 Å². The van der Waals surface area contributed by atoms with Crippen LogP contribution in [0.3, 0.4) is 0 Å². The summed E-state index contributed by atoms with van der Waals surface area (Å²) >= 11 is 0. The van der Waals surface area contributed by atoms with Crippen LogP contribution < -0.4 is 10.0 Å². The molecule has 144 valence electrons. The summed E-state index contributed by atoms with van der Waals surface area (Å²) in [4.78, 5) is 14.6. The van der Waals surface area contributed by atoms with Crippen LogP contribution >= 0.6 is 0 Å². The summed E-state index contributed by atoms with van der Waals surface area (Å²) in [6.07, 6.45) is 1.39. The van der Waals surface area contributed by atoms with E-state index in [1.807, 2.05) is 30.3 Å². The lowest BCUT2D eigenvalue weighted by Crippen LogP contribution is -2.37. The molecule has 2 aromatic carbocycles. The molecule has 1 aliphatic heterocycles. The summed E-state index contributed by atoms with van der Waals surface area (Å²) in [7, 11) is -3.22. The van der Waals surface area contributed by atoms with E-state index in [-0.39, 0.29) is 11.7 Å². The van der Waals surface area contributed by atoms with Crippen LogP contribution in [0.2, 0.25) is 0 Å². The molecule has 1 amide bonds. The van der Waals surface area contributed by atoms with Gasteiger partial charge in [0.1, 0.15) is 0 Å². The van der Waals surface area contributed by atoms with Gasteiger partial charge in [0.15, 0.2) is 0 Å². The van der Waals surface area contributed by atoms with Gasteiger partial charge in [0.05, 0.1) is 11.4 Å². The summed E-state index contributed by atoms with van der Waals surface area (Å²) in [5.74, 6) is 0.0875. The lowest BCUT2D eigenvalue weighted by Gasteiger charge is -2.23. The fraction of sp³-hybridized carbons (Fsp3) is 0.350. The average molecular weight is 388 g/mol. The molecular formula is C20H25N3O3S. The van der Waals surface area contributed by atoms with E-state index in [0.29, 0.717) is 43.9 Å². The second kappa shape index (κ2) is 8.54. The molecule has 0 spiro atoms. The van der Waals surface area contributed by atoms with E-state index >= 15 is 0 Å². The van der Waals surface area contributed by atoms with Crippen molar-refractivity contribution in [2.75, 3.05) is 36.2 Å². The highest BCUT2D eigenvalue weighted by Crippen LogP contribution is 2.24. The number of carbonyl (C=O) groups excluding carboxylic acids is 1. The highest BCUT2D eigenvalue weighted by molar-refractivity contribution is 7.93. The summed E-state index contributed by atoms with van der Waals surface area (Å²) in [5.41, 5.74) is 8.00. The van der Waals surface area contributed by atoms with Crippen LogP contribution in [0.1, 0.15) is 22.3 Å². The molecule has 2 aromatic rings. The maximum atomic E-state index is 12.9. The Kier molecular flexibility index (Phi) is 6.13. The van der Waals surface area contributed by atoms with Gasteiger partial charge in [0.25, 0.3) is 5.91 Å². The Morgan fingerprint density at radius 3 is 2.33 bits per heavy atom. The van der Waals surface area contributed by atoms with Gasteiger partial charge in [-0.3, -0.25) is 9.10 Å². The number of amides is 1. The summed E-state index contributed by atoms with van der Waals surface area (Å²) in [5, 5.41) is 0. The first kappa shape index (κ1) is 19.4. The van der Waals surface area contributed by atoms with Crippen molar-refractivity contribution in [2.45, 2.75) is 12.8 Å². The number of sulfonamides is 1. The average Bonchev–Trinajstić information content (AvgIpc) is 3.04. The normalized spacial score (nSPS) is 15.7. The molecule has 6 nitrogen and oxygen atoms in total. The van der Waals surface area contributed by atoms with Crippen molar-refractivity contribution < 1.29 is 13.2 Å². The van der Waals surface area contributed by atoms with Gasteiger partial charge in [-0.15, -0.1) is 0 Å². The molecule has 0 atom stereocenters. The third-order valence-corrected chi connectivity index (χ3v) is 6.57. The van der Waals surface area contributed by atoms with Gasteiger partial charge in [-0.2, -0.15) is 0 Å². The number of nitrogens with zero attached hydrogens (tertiary/aromatic N) is 2. The molecule has 1 saturated heterocycles. The number of anilines is 1. The molecule has 3 rings (SSSR count). The van der Waals surface area contributed by atoms with Crippen molar-refractivity contribution in [3.8, 4) is 0 Å². The Morgan fingerprint density at radius 1 is 1.04 bits per heavy atom. The van der Waals surface area contributed by atoms with Crippen LogP contribution in [0.25, 0.3) is 0 Å². The first-order valence-electron chi connectivity index (χ1n) is 9.15. The van der Waals surface area contributed by atoms with Gasteiger partial charge < -0.3 is 10.6 Å². The molecule has 1 aliphatic rings. The minimum Gasteiger partial charge on any atom is -0.337 e. The third-order valence-electron chi connectivity index (χ3n) is 4.70. The highest BCUT2D eigenvalue weighted by atomic mass is 32.2. The predicted molar refractivity (Wildman–Crippen MR) is 107 cm³/mol. The van der Waals surface area contributed by atoms with Gasteiger partial charge in [0, 0.05) is 31.7 Å². The first-order chi connectivity index (χ1) is 13.0. The molecule has 27 heavy (non-hydrogen) atoms. The van der Waals surface area contributed by atoms with E-state index in [4.69, 9.17) is 5.73 Å². The molecule has 0 aliphatic carbocycles. The zero-order valence-corrected chi connectivity index (χ0v) is 16.1. The van der Waals surface area contributed by atoms with Gasteiger partial charge in [0.2, 0.25) is 10.0 Å². The highest BCUT2D eigenvalue weighted by Gasteiger charge is 2.28. The maximum absolute atomic E-state index is 12.9. The van der Waals surface area contributed by atoms with E-state index < -0.39 is 10.0 Å². The molecule has 0 aromatic heterocycles. The maximum Gasteiger partial charge on any atom is 0.253 e. The zero-order chi connectivity index (χ0) is 19.3. The summed E-state index contributed by atoms with van der Waals surface area (Å²) in [6, 6.07) is 16.8. The minimum absolute atomic E-state index is 0.0905. The van der Waals surface area contributed by atoms with Crippen LogP contribution in [-0.2, 0) is 16.4 Å². The molecule has 2 N–H and O–H groups in total. The smallest absolute Gasteiger partial charge is 0.253 e. The van der Waals surface area contributed by atoms with E-state index in [9.17, 15) is 13.2 Å². The number of rotatable bonds is 7. The van der Waals surface area contributed by atoms with Crippen molar-refractivity contribution in [3.05, 3.63) is 65.7 Å². The van der Waals surface area contributed by atoms with Crippen LogP contribution in [-0.4, -0.2) is 51.2 Å². The Hall–Kier alpha value is -2.38. The van der Waals surface area contributed by atoms with Crippen LogP contribution in [0.4, 0.5) is 5.69 Å². The monoisotopic (exact) mass is 387 g/mol. The number of carbonyl (C=O) groups is 1. The van der Waals surface area contributed by atoms with Gasteiger partial charge in [-0.05, 0) is 42.7 Å². The molecule has 7 heteroatoms. The molecule has 1 heterocycles. The second-order valence-corrected chi connectivity index (χ2v) is 8.62. The Labute approximate surface area is 160 Å². The number of hydrogen-bond acceptors (Lipinski definition) is 4. The fourth-order valence-corrected chi connectivity index (χ4v) is 4.83. The molecule has 0 unspecified atom stereocenters. The largest absolute Gasteiger partial charge is 0.337 e. The fourth-order valence-electron chi connectivity index (χ4n) is 3.26. The quantitative estimate of drug-likeness (QED) is 0.786. The van der Waals surface area contributed by atoms with Gasteiger partial charge in [-0.25, -0.2) is 8.42 Å². The van der Waals surface area contributed by atoms with Crippen molar-refractivity contribution in [2.24, 2.45) is 5.73 Å². The summed E-state index contributed by atoms with van der Waals surface area (Å²) < 4.78 is 25.5. The minimum atomic E-state index is -3.22. The third kappa shape index (κ3) is 4.67. The number of nitrogens with two attached hydrogens (primary N) is 1. The second-order valence-electron chi connectivity index (χ2n) is 6.61. The molecule has 0 bridgehead atoms. The summed E-state index contributed by atoms with van der Waals surface area (Å²) in [6.45, 7) is 1.95. The van der Waals surface area contributed by atoms with Gasteiger partial charge >= 0.3 is 0 Å². The van der Waals surface area contributed by atoms with Gasteiger partial charge in [-0.1, -0.05) is 30.3 Å². The first-order valence-corrected chi connectivity index (χ1v) is 10.8. The molecular weight excluding hydrogens is 362 g/mol. The van der Waals surface area contributed by atoms with E-state index in [0.717, 1.165) is 6.42 Å². The van der Waals surface area contributed by atoms with E-state index in [2.05, 4.69) is 0 Å². The number of hydrogen-bond donors (Lipinski definition) is 1. The molecule has 0 saturated carbocycles.